The second-order valence-electron chi connectivity index (χ2n) is 6.82. The molecule has 148 valence electrons. The van der Waals surface area contributed by atoms with Crippen LogP contribution in [0.5, 0.6) is 5.75 Å². The summed E-state index contributed by atoms with van der Waals surface area (Å²) in [6, 6.07) is 7.42. The van der Waals surface area contributed by atoms with E-state index in [1.807, 2.05) is 13.0 Å². The van der Waals surface area contributed by atoms with Gasteiger partial charge < -0.3 is 14.7 Å². The highest BCUT2D eigenvalue weighted by Gasteiger charge is 2.36. The molecule has 1 saturated heterocycles. The molecule has 10 heteroatoms. The van der Waals surface area contributed by atoms with Gasteiger partial charge in [0.2, 0.25) is 0 Å². The molecule has 0 radical (unpaired) electrons. The predicted molar refractivity (Wildman–Crippen MR) is 94.0 cm³/mol. The van der Waals surface area contributed by atoms with E-state index < -0.39 is 12.0 Å². The second kappa shape index (κ2) is 6.62. The summed E-state index contributed by atoms with van der Waals surface area (Å²) in [6.07, 6.45) is -2.65. The van der Waals surface area contributed by atoms with E-state index in [-0.39, 0.29) is 5.75 Å². The first-order valence-electron chi connectivity index (χ1n) is 8.75. The van der Waals surface area contributed by atoms with Crippen molar-refractivity contribution in [2.24, 2.45) is 0 Å². The van der Waals surface area contributed by atoms with E-state index in [2.05, 4.69) is 24.7 Å². The number of fused-ring (bicyclic) bond motifs is 1. The molecule has 7 nitrogen and oxygen atoms in total. The minimum atomic E-state index is -4.77. The number of aryl methyl sites for hydroxylation is 1. The Balaban J connectivity index is 1.55. The molecule has 0 saturated carbocycles. The van der Waals surface area contributed by atoms with Crippen molar-refractivity contribution in [1.82, 2.24) is 19.6 Å². The van der Waals surface area contributed by atoms with Gasteiger partial charge in [-0.3, -0.25) is 0 Å². The maximum Gasteiger partial charge on any atom is 0.573 e. The number of hydrogen-bond acceptors (Lipinski definition) is 6. The Morgan fingerprint density at radius 3 is 2.64 bits per heavy atom. The van der Waals surface area contributed by atoms with E-state index in [1.54, 1.807) is 10.6 Å². The number of alkyl halides is 3. The van der Waals surface area contributed by atoms with E-state index in [0.717, 1.165) is 11.5 Å². The van der Waals surface area contributed by atoms with Crippen LogP contribution in [-0.4, -0.2) is 44.1 Å². The Morgan fingerprint density at radius 1 is 1.18 bits per heavy atom. The van der Waals surface area contributed by atoms with Crippen molar-refractivity contribution >= 4 is 11.6 Å². The fourth-order valence-electron chi connectivity index (χ4n) is 3.51. The number of benzene rings is 1. The quantitative estimate of drug-likeness (QED) is 0.738. The molecule has 0 spiro atoms. The first-order valence-corrected chi connectivity index (χ1v) is 8.75. The number of aliphatic hydroxyl groups is 1. The van der Waals surface area contributed by atoms with Crippen LogP contribution in [0.15, 0.2) is 36.7 Å². The van der Waals surface area contributed by atoms with E-state index in [0.29, 0.717) is 37.3 Å². The van der Waals surface area contributed by atoms with E-state index in [1.165, 1.54) is 24.5 Å². The first kappa shape index (κ1) is 18.5. The minimum Gasteiger partial charge on any atom is -0.406 e. The van der Waals surface area contributed by atoms with Crippen LogP contribution in [0.1, 0.15) is 24.1 Å². The Morgan fingerprint density at radius 2 is 1.93 bits per heavy atom. The van der Waals surface area contributed by atoms with Crippen molar-refractivity contribution in [2.75, 3.05) is 18.0 Å². The maximum atomic E-state index is 12.5. The summed E-state index contributed by atoms with van der Waals surface area (Å²) < 4.78 is 43.0. The molecule has 0 amide bonds. The van der Waals surface area contributed by atoms with Crippen LogP contribution >= 0.6 is 0 Å². The average molecular weight is 393 g/mol. The number of rotatable bonds is 3. The Kier molecular flexibility index (Phi) is 4.37. The van der Waals surface area contributed by atoms with Crippen molar-refractivity contribution in [3.63, 3.8) is 0 Å². The molecular weight excluding hydrogens is 375 g/mol. The fourth-order valence-corrected chi connectivity index (χ4v) is 3.51. The van der Waals surface area contributed by atoms with Gasteiger partial charge in [-0.15, -0.1) is 13.2 Å². The SMILES string of the molecule is Cc1cc(N2CCC(O)(c3cccc(OC(F)(F)F)c3)CC2)n2ncnc2n1. The fraction of sp³-hybridized carbons (Fsp3) is 0.389. The van der Waals surface area contributed by atoms with Gasteiger partial charge in [-0.1, -0.05) is 12.1 Å². The lowest BCUT2D eigenvalue weighted by Gasteiger charge is -2.39. The summed E-state index contributed by atoms with van der Waals surface area (Å²) in [4.78, 5) is 10.5. The highest BCUT2D eigenvalue weighted by molar-refractivity contribution is 5.48. The third-order valence-electron chi connectivity index (χ3n) is 4.88. The number of halogens is 3. The van der Waals surface area contributed by atoms with Gasteiger partial charge in [0.05, 0.1) is 5.60 Å². The van der Waals surface area contributed by atoms with Crippen molar-refractivity contribution in [3.05, 3.63) is 47.9 Å². The van der Waals surface area contributed by atoms with Gasteiger partial charge in [0.1, 0.15) is 17.9 Å². The second-order valence-corrected chi connectivity index (χ2v) is 6.82. The number of piperidine rings is 1. The largest absolute Gasteiger partial charge is 0.573 e. The lowest BCUT2D eigenvalue weighted by Crippen LogP contribution is -2.43. The summed E-state index contributed by atoms with van der Waals surface area (Å²) in [5.41, 5.74) is -0.0237. The van der Waals surface area contributed by atoms with Crippen molar-refractivity contribution in [1.29, 1.82) is 0 Å². The molecule has 0 aliphatic carbocycles. The normalized spacial score (nSPS) is 17.1. The Bertz CT molecular complexity index is 996. The highest BCUT2D eigenvalue weighted by Crippen LogP contribution is 2.36. The van der Waals surface area contributed by atoms with E-state index in [4.69, 9.17) is 0 Å². The topological polar surface area (TPSA) is 75.8 Å². The molecule has 1 aliphatic rings. The van der Waals surface area contributed by atoms with Gasteiger partial charge in [0, 0.05) is 24.8 Å². The third-order valence-corrected chi connectivity index (χ3v) is 4.88. The third kappa shape index (κ3) is 3.59. The molecule has 4 rings (SSSR count). The number of hydrogen-bond donors (Lipinski definition) is 1. The smallest absolute Gasteiger partial charge is 0.406 e. The zero-order valence-electron chi connectivity index (χ0n) is 15.0. The van der Waals surface area contributed by atoms with Gasteiger partial charge >= 0.3 is 6.36 Å². The average Bonchev–Trinajstić information content (AvgIpc) is 3.09. The molecule has 28 heavy (non-hydrogen) atoms. The van der Waals surface area contributed by atoms with Crippen molar-refractivity contribution in [2.45, 2.75) is 31.7 Å². The van der Waals surface area contributed by atoms with E-state index >= 15 is 0 Å². The first-order chi connectivity index (χ1) is 13.2. The summed E-state index contributed by atoms with van der Waals surface area (Å²) in [5, 5.41) is 15.2. The Hall–Kier alpha value is -2.88. The lowest BCUT2D eigenvalue weighted by molar-refractivity contribution is -0.274. The number of ether oxygens (including phenoxy) is 1. The van der Waals surface area contributed by atoms with Gasteiger partial charge in [-0.05, 0) is 37.5 Å². The maximum absolute atomic E-state index is 12.5. The standard InChI is InChI=1S/C18H18F3N5O2/c1-12-9-15(26-16(24-12)22-11-23-26)25-7-5-17(27,6-8-25)13-3-2-4-14(10-13)28-18(19,20)21/h2-4,9-11,27H,5-8H2,1H3. The van der Waals surface area contributed by atoms with Crippen LogP contribution in [0.3, 0.4) is 0 Å². The van der Waals surface area contributed by atoms with Gasteiger partial charge in [0.25, 0.3) is 5.78 Å². The van der Waals surface area contributed by atoms with Gasteiger partial charge in [-0.25, -0.2) is 4.98 Å². The van der Waals surface area contributed by atoms with Gasteiger partial charge in [-0.2, -0.15) is 14.6 Å². The van der Waals surface area contributed by atoms with Crippen LogP contribution in [-0.2, 0) is 5.60 Å². The Labute approximate surface area is 158 Å². The molecule has 0 bridgehead atoms. The van der Waals surface area contributed by atoms with Crippen molar-refractivity contribution < 1.29 is 23.0 Å². The van der Waals surface area contributed by atoms with E-state index in [9.17, 15) is 18.3 Å². The molecule has 1 N–H and O–H groups in total. The molecule has 1 fully saturated rings. The number of aromatic nitrogens is 4. The van der Waals surface area contributed by atoms with Crippen LogP contribution in [0, 0.1) is 6.92 Å². The van der Waals surface area contributed by atoms with Crippen LogP contribution in [0.25, 0.3) is 5.78 Å². The summed E-state index contributed by atoms with van der Waals surface area (Å²) in [5.74, 6) is 0.971. The number of nitrogens with zero attached hydrogens (tertiary/aromatic N) is 5. The highest BCUT2D eigenvalue weighted by atomic mass is 19.4. The lowest BCUT2D eigenvalue weighted by atomic mass is 9.84. The summed E-state index contributed by atoms with van der Waals surface area (Å²) >= 11 is 0. The summed E-state index contributed by atoms with van der Waals surface area (Å²) in [7, 11) is 0. The molecule has 1 aliphatic heterocycles. The molecular formula is C18H18F3N5O2. The van der Waals surface area contributed by atoms with Crippen molar-refractivity contribution in [3.8, 4) is 5.75 Å². The van der Waals surface area contributed by atoms with Crippen LogP contribution < -0.4 is 9.64 Å². The molecule has 2 aromatic heterocycles. The molecule has 0 atom stereocenters. The molecule has 3 heterocycles. The molecule has 3 aromatic rings. The zero-order valence-corrected chi connectivity index (χ0v) is 15.0. The number of anilines is 1. The predicted octanol–water partition coefficient (Wildman–Crippen LogP) is 2.82. The zero-order chi connectivity index (χ0) is 19.9. The summed E-state index contributed by atoms with van der Waals surface area (Å²) in [6.45, 7) is 2.86. The molecule has 1 aromatic carbocycles. The molecule has 0 unspecified atom stereocenters. The van der Waals surface area contributed by atoms with Crippen LogP contribution in [0.2, 0.25) is 0 Å². The van der Waals surface area contributed by atoms with Gasteiger partial charge in [0.15, 0.2) is 0 Å². The minimum absolute atomic E-state index is 0.338. The monoisotopic (exact) mass is 393 g/mol. The van der Waals surface area contributed by atoms with Crippen LogP contribution in [0.4, 0.5) is 19.0 Å².